The second-order valence-electron chi connectivity index (χ2n) is 7.20. The fraction of sp³-hybridized carbons (Fsp3) is 0.200. The number of benzene rings is 2. The molecule has 1 unspecified atom stereocenters. The number of aliphatic hydroxyl groups excluding tert-OH is 1. The Morgan fingerprint density at radius 2 is 1.79 bits per heavy atom. The van der Waals surface area contributed by atoms with Crippen LogP contribution in [0.5, 0.6) is 17.2 Å². The van der Waals surface area contributed by atoms with Crippen molar-refractivity contribution in [1.29, 1.82) is 0 Å². The molecule has 170 valence electrons. The van der Waals surface area contributed by atoms with Crippen LogP contribution in [0.4, 0.5) is 5.69 Å². The van der Waals surface area contributed by atoms with Crippen LogP contribution in [0, 0.1) is 0 Å². The van der Waals surface area contributed by atoms with Crippen LogP contribution >= 0.6 is 0 Å². The minimum absolute atomic E-state index is 0.122. The Kier molecular flexibility index (Phi) is 6.08. The topological polar surface area (TPSA) is 109 Å². The van der Waals surface area contributed by atoms with Crippen molar-refractivity contribution in [2.75, 3.05) is 18.1 Å². The van der Waals surface area contributed by atoms with E-state index in [9.17, 15) is 19.8 Å². The molecule has 0 bridgehead atoms. The van der Waals surface area contributed by atoms with E-state index in [1.165, 1.54) is 18.4 Å². The molecule has 1 aliphatic heterocycles. The van der Waals surface area contributed by atoms with Crippen molar-refractivity contribution < 1.29 is 33.7 Å². The largest absolute Gasteiger partial charge is 0.507 e. The molecule has 4 rings (SSSR count). The van der Waals surface area contributed by atoms with Crippen LogP contribution in [-0.4, -0.2) is 35.1 Å². The van der Waals surface area contributed by atoms with Crippen LogP contribution in [0.15, 0.2) is 70.9 Å². The number of nitrogens with zero attached hydrogens (tertiary/aromatic N) is 1. The Morgan fingerprint density at radius 3 is 2.45 bits per heavy atom. The Labute approximate surface area is 190 Å². The minimum atomic E-state index is -1.09. The molecule has 1 atom stereocenters. The third-order valence-electron chi connectivity index (χ3n) is 5.22. The van der Waals surface area contributed by atoms with Crippen molar-refractivity contribution in [1.82, 2.24) is 0 Å². The lowest BCUT2D eigenvalue weighted by atomic mass is 9.98. The predicted octanol–water partition coefficient (Wildman–Crippen LogP) is 4.41. The number of hydrogen-bond acceptors (Lipinski definition) is 7. The summed E-state index contributed by atoms with van der Waals surface area (Å²) in [5, 5.41) is 21.7. The summed E-state index contributed by atoms with van der Waals surface area (Å²) in [7, 11) is 0. The van der Waals surface area contributed by atoms with Crippen molar-refractivity contribution in [3.63, 3.8) is 0 Å². The van der Waals surface area contributed by atoms with Gasteiger partial charge in [-0.25, -0.2) is 0 Å². The number of phenols is 1. The number of carbonyl (C=O) groups excluding carboxylic acids is 2. The number of furan rings is 1. The second kappa shape index (κ2) is 9.12. The number of amides is 1. The number of carbonyl (C=O) groups is 2. The van der Waals surface area contributed by atoms with E-state index < -0.39 is 23.5 Å². The fourth-order valence-electron chi connectivity index (χ4n) is 3.84. The molecule has 2 N–H and O–H groups in total. The molecule has 0 spiro atoms. The third-order valence-corrected chi connectivity index (χ3v) is 5.22. The number of ketones is 1. The maximum absolute atomic E-state index is 13.2. The molecule has 33 heavy (non-hydrogen) atoms. The highest BCUT2D eigenvalue weighted by Gasteiger charge is 2.49. The number of phenolic OH excluding ortho intramolecular Hbond substituents is 1. The smallest absolute Gasteiger partial charge is 0.300 e. The molecule has 0 aliphatic carbocycles. The van der Waals surface area contributed by atoms with Gasteiger partial charge in [-0.1, -0.05) is 12.1 Å². The Morgan fingerprint density at radius 1 is 1.03 bits per heavy atom. The molecule has 8 nitrogen and oxygen atoms in total. The quantitative estimate of drug-likeness (QED) is 0.312. The van der Waals surface area contributed by atoms with Crippen LogP contribution in [0.1, 0.15) is 31.2 Å². The van der Waals surface area contributed by atoms with E-state index in [-0.39, 0.29) is 28.3 Å². The zero-order valence-electron chi connectivity index (χ0n) is 18.1. The first-order valence-electron chi connectivity index (χ1n) is 10.5. The van der Waals surface area contributed by atoms with Gasteiger partial charge in [0.05, 0.1) is 36.3 Å². The van der Waals surface area contributed by atoms with Crippen molar-refractivity contribution in [3.8, 4) is 17.2 Å². The van der Waals surface area contributed by atoms with Crippen LogP contribution in [-0.2, 0) is 9.59 Å². The van der Waals surface area contributed by atoms with Crippen molar-refractivity contribution >= 4 is 23.1 Å². The molecule has 1 aromatic heterocycles. The number of hydrogen-bond donors (Lipinski definition) is 2. The normalized spacial score (nSPS) is 17.4. The van der Waals surface area contributed by atoms with Gasteiger partial charge in [0.25, 0.3) is 11.7 Å². The molecule has 1 saturated heterocycles. The summed E-state index contributed by atoms with van der Waals surface area (Å²) >= 11 is 0. The maximum atomic E-state index is 13.2. The van der Waals surface area contributed by atoms with Gasteiger partial charge >= 0.3 is 0 Å². The van der Waals surface area contributed by atoms with Gasteiger partial charge in [0.15, 0.2) is 0 Å². The number of rotatable bonds is 7. The van der Waals surface area contributed by atoms with E-state index in [0.29, 0.717) is 24.7 Å². The van der Waals surface area contributed by atoms with E-state index in [1.54, 1.807) is 49.4 Å². The van der Waals surface area contributed by atoms with Gasteiger partial charge in [-0.15, -0.1) is 0 Å². The predicted molar refractivity (Wildman–Crippen MR) is 120 cm³/mol. The molecule has 1 amide bonds. The lowest BCUT2D eigenvalue weighted by Gasteiger charge is -2.24. The molecule has 0 radical (unpaired) electrons. The number of aromatic hydroxyl groups is 1. The van der Waals surface area contributed by atoms with Gasteiger partial charge in [0.2, 0.25) is 0 Å². The van der Waals surface area contributed by atoms with Crippen molar-refractivity contribution in [2.45, 2.75) is 19.9 Å². The van der Waals surface area contributed by atoms with E-state index in [1.807, 2.05) is 6.92 Å². The average molecular weight is 449 g/mol. The monoisotopic (exact) mass is 449 g/mol. The van der Waals surface area contributed by atoms with Gasteiger partial charge in [0, 0.05) is 6.07 Å². The fourth-order valence-corrected chi connectivity index (χ4v) is 3.84. The lowest BCUT2D eigenvalue weighted by molar-refractivity contribution is -0.132. The molecule has 2 aromatic carbocycles. The zero-order valence-corrected chi connectivity index (χ0v) is 18.1. The number of anilines is 1. The van der Waals surface area contributed by atoms with Crippen LogP contribution < -0.4 is 14.4 Å². The molecule has 2 heterocycles. The summed E-state index contributed by atoms with van der Waals surface area (Å²) in [6, 6.07) is 13.1. The summed E-state index contributed by atoms with van der Waals surface area (Å²) in [6.07, 6.45) is 1.41. The maximum Gasteiger partial charge on any atom is 0.300 e. The summed E-state index contributed by atoms with van der Waals surface area (Å²) in [6.45, 7) is 4.39. The third kappa shape index (κ3) is 3.91. The Hall–Kier alpha value is -4.20. The SMILES string of the molecule is CCOc1ccc(/C(O)=C2/C(=O)C(=O)N(c3ccccc3O)C2c2ccco2)c(OCC)c1. The van der Waals surface area contributed by atoms with E-state index >= 15 is 0 Å². The first kappa shape index (κ1) is 22.0. The van der Waals surface area contributed by atoms with Crippen molar-refractivity contribution in [3.05, 3.63) is 77.8 Å². The summed E-state index contributed by atoms with van der Waals surface area (Å²) < 4.78 is 16.7. The molecular weight excluding hydrogens is 426 g/mol. The van der Waals surface area contributed by atoms with Crippen LogP contribution in [0.3, 0.4) is 0 Å². The number of aliphatic hydroxyl groups is 1. The summed E-state index contributed by atoms with van der Waals surface area (Å²) in [5.74, 6) is -1.33. The van der Waals surface area contributed by atoms with E-state index in [4.69, 9.17) is 13.9 Å². The molecule has 1 aliphatic rings. The Balaban J connectivity index is 1.92. The van der Waals surface area contributed by atoms with Gasteiger partial charge in [-0.2, -0.15) is 0 Å². The number of para-hydroxylation sites is 2. The average Bonchev–Trinajstić information content (AvgIpc) is 3.42. The number of ether oxygens (including phenoxy) is 2. The molecule has 0 saturated carbocycles. The van der Waals surface area contributed by atoms with Gasteiger partial charge < -0.3 is 24.1 Å². The first-order chi connectivity index (χ1) is 16.0. The summed E-state index contributed by atoms with van der Waals surface area (Å²) in [4.78, 5) is 27.4. The van der Waals surface area contributed by atoms with Gasteiger partial charge in [0.1, 0.15) is 34.8 Å². The highest BCUT2D eigenvalue weighted by atomic mass is 16.5. The first-order valence-corrected chi connectivity index (χ1v) is 10.5. The molecule has 1 fully saturated rings. The van der Waals surface area contributed by atoms with Crippen LogP contribution in [0.2, 0.25) is 0 Å². The highest BCUT2D eigenvalue weighted by molar-refractivity contribution is 6.51. The van der Waals surface area contributed by atoms with E-state index in [0.717, 1.165) is 4.90 Å². The molecule has 8 heteroatoms. The number of Topliss-reactive ketones (excluding diaryl/α,β-unsaturated/α-hetero) is 1. The second-order valence-corrected chi connectivity index (χ2v) is 7.20. The van der Waals surface area contributed by atoms with Gasteiger partial charge in [-0.3, -0.25) is 14.5 Å². The van der Waals surface area contributed by atoms with Gasteiger partial charge in [-0.05, 0) is 50.2 Å². The zero-order chi connectivity index (χ0) is 23.5. The van der Waals surface area contributed by atoms with E-state index in [2.05, 4.69) is 0 Å². The molecular formula is C25H23NO7. The standard InChI is InChI=1S/C25H23NO7/c1-3-31-15-11-12-16(20(14-15)32-4-2)23(28)21-22(19-10-7-13-33-19)26(25(30)24(21)29)17-8-5-6-9-18(17)27/h5-14,22,27-28H,3-4H2,1-2H3/b23-21-. The summed E-state index contributed by atoms with van der Waals surface area (Å²) in [5.41, 5.74) is 0.173. The minimum Gasteiger partial charge on any atom is -0.507 e. The lowest BCUT2D eigenvalue weighted by Crippen LogP contribution is -2.29. The van der Waals surface area contributed by atoms with Crippen molar-refractivity contribution in [2.24, 2.45) is 0 Å². The molecule has 3 aromatic rings. The highest BCUT2D eigenvalue weighted by Crippen LogP contribution is 2.45. The van der Waals surface area contributed by atoms with Crippen LogP contribution in [0.25, 0.3) is 5.76 Å². The Bertz CT molecular complexity index is 1210.